The number of carbonyl (C=O) groups excluding carboxylic acids is 1. The van der Waals surface area contributed by atoms with Gasteiger partial charge in [-0.25, -0.2) is 14.2 Å². The first-order chi connectivity index (χ1) is 13.5. The molecule has 2 N–H and O–H groups in total. The topological polar surface area (TPSA) is 72.0 Å². The summed E-state index contributed by atoms with van der Waals surface area (Å²) in [6, 6.07) is 10.4. The molecule has 6 nitrogen and oxygen atoms in total. The fourth-order valence-electron chi connectivity index (χ4n) is 2.57. The lowest BCUT2D eigenvalue weighted by atomic mass is 10.1. The Bertz CT molecular complexity index is 853. The van der Waals surface area contributed by atoms with Crippen molar-refractivity contribution in [2.45, 2.75) is 26.9 Å². The van der Waals surface area contributed by atoms with Crippen molar-refractivity contribution in [1.29, 1.82) is 0 Å². The Morgan fingerprint density at radius 3 is 2.50 bits per heavy atom. The van der Waals surface area contributed by atoms with Crippen molar-refractivity contribution in [1.82, 2.24) is 10.6 Å². The average Bonchev–Trinajstić information content (AvgIpc) is 2.71. The number of nitrogens with one attached hydrogen (secondary N) is 2. The molecule has 2 rings (SSSR count). The molecule has 0 aliphatic rings. The zero-order chi connectivity index (χ0) is 20.5. The summed E-state index contributed by atoms with van der Waals surface area (Å²) in [6.45, 7) is 5.17. The number of methoxy groups -OCH3 is 2. The van der Waals surface area contributed by atoms with Crippen LogP contribution >= 0.6 is 0 Å². The van der Waals surface area contributed by atoms with E-state index >= 15 is 0 Å². The Morgan fingerprint density at radius 1 is 1.11 bits per heavy atom. The summed E-state index contributed by atoms with van der Waals surface area (Å²) in [5, 5.41) is 6.36. The maximum Gasteiger partial charge on any atom is 0.341 e. The van der Waals surface area contributed by atoms with E-state index in [9.17, 15) is 9.18 Å². The molecule has 2 aromatic carbocycles. The minimum atomic E-state index is -0.458. The summed E-state index contributed by atoms with van der Waals surface area (Å²) >= 11 is 0. The zero-order valence-electron chi connectivity index (χ0n) is 16.6. The van der Waals surface area contributed by atoms with Gasteiger partial charge in [-0.3, -0.25) is 0 Å². The Hall–Kier alpha value is -3.09. The van der Waals surface area contributed by atoms with Crippen molar-refractivity contribution < 1.29 is 18.7 Å². The van der Waals surface area contributed by atoms with Gasteiger partial charge in [-0.05, 0) is 48.7 Å². The van der Waals surface area contributed by atoms with Crippen LogP contribution in [0.5, 0.6) is 5.75 Å². The van der Waals surface area contributed by atoms with Crippen LogP contribution < -0.4 is 15.4 Å². The number of aryl methyl sites for hydroxylation is 1. The van der Waals surface area contributed by atoms with Crippen LogP contribution in [-0.2, 0) is 17.8 Å². The fourth-order valence-corrected chi connectivity index (χ4v) is 2.57. The minimum absolute atomic E-state index is 0.237. The molecule has 0 saturated carbocycles. The number of hydrogen-bond acceptors (Lipinski definition) is 4. The van der Waals surface area contributed by atoms with Crippen LogP contribution in [0.1, 0.15) is 34.0 Å². The predicted molar refractivity (Wildman–Crippen MR) is 107 cm³/mol. The van der Waals surface area contributed by atoms with E-state index in [1.165, 1.54) is 20.3 Å². The molecule has 150 valence electrons. The summed E-state index contributed by atoms with van der Waals surface area (Å²) in [6.07, 6.45) is 0. The number of ether oxygens (including phenoxy) is 2. The summed E-state index contributed by atoms with van der Waals surface area (Å²) in [5.74, 6) is 0.358. The third kappa shape index (κ3) is 5.70. The summed E-state index contributed by atoms with van der Waals surface area (Å²) in [5.41, 5.74) is 2.63. The quantitative estimate of drug-likeness (QED) is 0.434. The standard InChI is InChI=1S/C21H26FN3O3/c1-5-23-21(25-13-16-7-6-14(2)18(22)11-16)24-12-15-8-9-19(27-3)17(10-15)20(26)28-4/h6-11H,5,12-13H2,1-4H3,(H2,23,24,25). The van der Waals surface area contributed by atoms with E-state index in [1.807, 2.05) is 19.1 Å². The summed E-state index contributed by atoms with van der Waals surface area (Å²) in [4.78, 5) is 16.4. The smallest absolute Gasteiger partial charge is 0.341 e. The molecule has 0 aliphatic heterocycles. The highest BCUT2D eigenvalue weighted by Crippen LogP contribution is 2.20. The molecule has 28 heavy (non-hydrogen) atoms. The van der Waals surface area contributed by atoms with Gasteiger partial charge >= 0.3 is 5.97 Å². The zero-order valence-corrected chi connectivity index (χ0v) is 16.6. The van der Waals surface area contributed by atoms with Gasteiger partial charge in [0.2, 0.25) is 0 Å². The molecule has 0 unspecified atom stereocenters. The number of carbonyl (C=O) groups is 1. The normalized spacial score (nSPS) is 11.1. The van der Waals surface area contributed by atoms with E-state index < -0.39 is 5.97 Å². The minimum Gasteiger partial charge on any atom is -0.496 e. The van der Waals surface area contributed by atoms with E-state index in [1.54, 1.807) is 25.1 Å². The van der Waals surface area contributed by atoms with Crippen molar-refractivity contribution in [3.8, 4) is 5.75 Å². The first kappa shape index (κ1) is 21.2. The lowest BCUT2D eigenvalue weighted by Crippen LogP contribution is -2.36. The Labute approximate surface area is 164 Å². The monoisotopic (exact) mass is 387 g/mol. The molecule has 0 heterocycles. The van der Waals surface area contributed by atoms with Crippen molar-refractivity contribution in [3.63, 3.8) is 0 Å². The van der Waals surface area contributed by atoms with Crippen molar-refractivity contribution >= 4 is 11.9 Å². The highest BCUT2D eigenvalue weighted by molar-refractivity contribution is 5.92. The van der Waals surface area contributed by atoms with Gasteiger partial charge in [0.1, 0.15) is 17.1 Å². The van der Waals surface area contributed by atoms with E-state index in [4.69, 9.17) is 9.47 Å². The number of guanidine groups is 1. The number of esters is 1. The van der Waals surface area contributed by atoms with Gasteiger partial charge in [0, 0.05) is 13.1 Å². The second-order valence-corrected chi connectivity index (χ2v) is 6.16. The molecular weight excluding hydrogens is 361 g/mol. The number of aliphatic imine (C=N–C) groups is 1. The average molecular weight is 387 g/mol. The van der Waals surface area contributed by atoms with Crippen molar-refractivity contribution in [2.75, 3.05) is 20.8 Å². The number of hydrogen-bond donors (Lipinski definition) is 2. The van der Waals surface area contributed by atoms with E-state index in [2.05, 4.69) is 15.6 Å². The van der Waals surface area contributed by atoms with Gasteiger partial charge in [0.25, 0.3) is 0 Å². The van der Waals surface area contributed by atoms with E-state index in [0.717, 1.165) is 11.1 Å². The maximum atomic E-state index is 13.7. The number of rotatable bonds is 7. The maximum absolute atomic E-state index is 13.7. The Kier molecular flexibility index (Phi) is 7.80. The van der Waals surface area contributed by atoms with Gasteiger partial charge in [-0.15, -0.1) is 0 Å². The van der Waals surface area contributed by atoms with Gasteiger partial charge in [0.15, 0.2) is 5.96 Å². The SMILES string of the molecule is CCNC(=NCc1ccc(C)c(F)c1)NCc1ccc(OC)c(C(=O)OC)c1. The predicted octanol–water partition coefficient (Wildman–Crippen LogP) is 3.18. The molecule has 0 radical (unpaired) electrons. The number of benzene rings is 2. The third-order valence-corrected chi connectivity index (χ3v) is 4.13. The lowest BCUT2D eigenvalue weighted by molar-refractivity contribution is 0.0597. The molecule has 0 fully saturated rings. The molecule has 2 aromatic rings. The first-order valence-corrected chi connectivity index (χ1v) is 9.01. The first-order valence-electron chi connectivity index (χ1n) is 9.01. The molecule has 0 spiro atoms. The molecule has 0 aliphatic carbocycles. The second kappa shape index (κ2) is 10.3. The molecule has 0 amide bonds. The van der Waals surface area contributed by atoms with Crippen LogP contribution in [0.2, 0.25) is 0 Å². The van der Waals surface area contributed by atoms with Crippen molar-refractivity contribution in [3.05, 3.63) is 64.5 Å². The lowest BCUT2D eigenvalue weighted by Gasteiger charge is -2.13. The van der Waals surface area contributed by atoms with Crippen LogP contribution in [0.15, 0.2) is 41.4 Å². The van der Waals surface area contributed by atoms with Crippen molar-refractivity contribution in [2.24, 2.45) is 4.99 Å². The van der Waals surface area contributed by atoms with Crippen LogP contribution in [0.3, 0.4) is 0 Å². The van der Waals surface area contributed by atoms with Gasteiger partial charge < -0.3 is 20.1 Å². The Morgan fingerprint density at radius 2 is 1.86 bits per heavy atom. The summed E-state index contributed by atoms with van der Waals surface area (Å²) in [7, 11) is 2.83. The van der Waals surface area contributed by atoms with Crippen LogP contribution in [0.4, 0.5) is 4.39 Å². The molecule has 7 heteroatoms. The Balaban J connectivity index is 2.10. The highest BCUT2D eigenvalue weighted by Gasteiger charge is 2.13. The second-order valence-electron chi connectivity index (χ2n) is 6.16. The fraction of sp³-hybridized carbons (Fsp3) is 0.333. The van der Waals surface area contributed by atoms with E-state index in [0.29, 0.717) is 42.5 Å². The van der Waals surface area contributed by atoms with Crippen LogP contribution in [0.25, 0.3) is 0 Å². The summed E-state index contributed by atoms with van der Waals surface area (Å²) < 4.78 is 23.7. The number of nitrogens with zero attached hydrogens (tertiary/aromatic N) is 1. The van der Waals surface area contributed by atoms with Gasteiger partial charge in [-0.2, -0.15) is 0 Å². The van der Waals surface area contributed by atoms with E-state index in [-0.39, 0.29) is 5.82 Å². The van der Waals surface area contributed by atoms with Gasteiger partial charge in [0.05, 0.1) is 20.8 Å². The third-order valence-electron chi connectivity index (χ3n) is 4.13. The van der Waals surface area contributed by atoms with Gasteiger partial charge in [-0.1, -0.05) is 18.2 Å². The number of halogens is 1. The molecule has 0 aromatic heterocycles. The molecule has 0 bridgehead atoms. The van der Waals surface area contributed by atoms with Crippen LogP contribution in [0, 0.1) is 12.7 Å². The highest BCUT2D eigenvalue weighted by atomic mass is 19.1. The van der Waals surface area contributed by atoms with Crippen LogP contribution in [-0.4, -0.2) is 32.7 Å². The molecular formula is C21H26FN3O3. The molecule has 0 saturated heterocycles. The molecule has 0 atom stereocenters. The largest absolute Gasteiger partial charge is 0.496 e.